The Morgan fingerprint density at radius 3 is 2.55 bits per heavy atom. The number of rotatable bonds is 9. The summed E-state index contributed by atoms with van der Waals surface area (Å²) in [5, 5.41) is 4.61. The number of hydrogen-bond acceptors (Lipinski definition) is 5. The van der Waals surface area contributed by atoms with E-state index in [0.29, 0.717) is 28.9 Å². The fourth-order valence-electron chi connectivity index (χ4n) is 2.73. The van der Waals surface area contributed by atoms with Crippen molar-refractivity contribution in [1.29, 1.82) is 0 Å². The van der Waals surface area contributed by atoms with Gasteiger partial charge in [-0.25, -0.2) is 5.43 Å². The standard InChI is InChI=1S/C24H23ClN2O4/c1-17-7-3-6-10-21(17)31-16-24(28)27-26-14-18-11-12-22(23(13-18)29-2)30-15-19-8-4-5-9-20(19)25/h3-14H,15-16H2,1-2H3,(H,27,28)/b26-14+. The molecule has 0 saturated carbocycles. The predicted molar refractivity (Wildman–Crippen MR) is 121 cm³/mol. The van der Waals surface area contributed by atoms with Crippen molar-refractivity contribution in [1.82, 2.24) is 5.43 Å². The summed E-state index contributed by atoms with van der Waals surface area (Å²) in [6.07, 6.45) is 1.52. The second-order valence-electron chi connectivity index (χ2n) is 6.64. The van der Waals surface area contributed by atoms with Gasteiger partial charge in [-0.1, -0.05) is 48.0 Å². The average molecular weight is 439 g/mol. The van der Waals surface area contributed by atoms with E-state index >= 15 is 0 Å². The van der Waals surface area contributed by atoms with Crippen molar-refractivity contribution in [2.45, 2.75) is 13.5 Å². The fourth-order valence-corrected chi connectivity index (χ4v) is 2.92. The third-order valence-corrected chi connectivity index (χ3v) is 4.75. The van der Waals surface area contributed by atoms with E-state index in [2.05, 4.69) is 10.5 Å². The highest BCUT2D eigenvalue weighted by Gasteiger charge is 2.08. The molecule has 0 fully saturated rings. The van der Waals surface area contributed by atoms with Crippen LogP contribution in [0.2, 0.25) is 5.02 Å². The van der Waals surface area contributed by atoms with Crippen LogP contribution in [0.4, 0.5) is 0 Å². The number of halogens is 1. The molecule has 1 amide bonds. The number of carbonyl (C=O) groups is 1. The van der Waals surface area contributed by atoms with Gasteiger partial charge in [-0.15, -0.1) is 0 Å². The minimum atomic E-state index is -0.355. The molecule has 0 radical (unpaired) electrons. The summed E-state index contributed by atoms with van der Waals surface area (Å²) in [7, 11) is 1.56. The Hall–Kier alpha value is -3.51. The molecule has 0 saturated heterocycles. The second-order valence-corrected chi connectivity index (χ2v) is 7.04. The summed E-state index contributed by atoms with van der Waals surface area (Å²) in [6, 6.07) is 20.3. The summed E-state index contributed by atoms with van der Waals surface area (Å²) >= 11 is 6.16. The zero-order chi connectivity index (χ0) is 22.1. The molecule has 3 aromatic rings. The number of para-hydroxylation sites is 1. The first kappa shape index (κ1) is 22.2. The van der Waals surface area contributed by atoms with Gasteiger partial charge in [0, 0.05) is 10.6 Å². The molecule has 160 valence electrons. The van der Waals surface area contributed by atoms with Crippen LogP contribution in [0.3, 0.4) is 0 Å². The van der Waals surface area contributed by atoms with Crippen LogP contribution in [0.5, 0.6) is 17.2 Å². The molecule has 3 rings (SSSR count). The van der Waals surface area contributed by atoms with E-state index < -0.39 is 0 Å². The number of nitrogens with one attached hydrogen (secondary N) is 1. The lowest BCUT2D eigenvalue weighted by atomic mass is 10.2. The van der Waals surface area contributed by atoms with E-state index in [-0.39, 0.29) is 12.5 Å². The maximum Gasteiger partial charge on any atom is 0.277 e. The topological polar surface area (TPSA) is 69.2 Å². The molecule has 7 heteroatoms. The van der Waals surface area contributed by atoms with E-state index in [1.165, 1.54) is 6.21 Å². The quantitative estimate of drug-likeness (QED) is 0.386. The van der Waals surface area contributed by atoms with Gasteiger partial charge < -0.3 is 14.2 Å². The summed E-state index contributed by atoms with van der Waals surface area (Å²) < 4.78 is 16.7. The first-order valence-electron chi connectivity index (χ1n) is 9.61. The van der Waals surface area contributed by atoms with Gasteiger partial charge in [-0.05, 0) is 48.4 Å². The molecule has 0 aromatic heterocycles. The van der Waals surface area contributed by atoms with Crippen LogP contribution in [0.25, 0.3) is 0 Å². The normalized spacial score (nSPS) is 10.7. The van der Waals surface area contributed by atoms with Crippen molar-refractivity contribution in [3.8, 4) is 17.2 Å². The predicted octanol–water partition coefficient (Wildman–Crippen LogP) is 4.77. The van der Waals surface area contributed by atoms with E-state index in [0.717, 1.165) is 16.7 Å². The number of hydrogen-bond donors (Lipinski definition) is 1. The van der Waals surface area contributed by atoms with Crippen LogP contribution in [0.1, 0.15) is 16.7 Å². The van der Waals surface area contributed by atoms with Crippen molar-refractivity contribution >= 4 is 23.7 Å². The van der Waals surface area contributed by atoms with Gasteiger partial charge in [0.05, 0.1) is 13.3 Å². The number of methoxy groups -OCH3 is 1. The number of benzene rings is 3. The number of ether oxygens (including phenoxy) is 3. The lowest BCUT2D eigenvalue weighted by Gasteiger charge is -2.12. The minimum Gasteiger partial charge on any atom is -0.493 e. The Balaban J connectivity index is 1.54. The van der Waals surface area contributed by atoms with Crippen LogP contribution in [-0.4, -0.2) is 25.8 Å². The minimum absolute atomic E-state index is 0.125. The number of nitrogens with zero attached hydrogens (tertiary/aromatic N) is 1. The van der Waals surface area contributed by atoms with E-state index in [1.807, 2.05) is 61.5 Å². The van der Waals surface area contributed by atoms with Crippen LogP contribution < -0.4 is 19.6 Å². The molecule has 0 aliphatic carbocycles. The summed E-state index contributed by atoms with van der Waals surface area (Å²) in [4.78, 5) is 11.9. The largest absolute Gasteiger partial charge is 0.493 e. The molecular weight excluding hydrogens is 416 g/mol. The molecule has 0 spiro atoms. The number of hydrazone groups is 1. The highest BCUT2D eigenvalue weighted by atomic mass is 35.5. The van der Waals surface area contributed by atoms with Crippen LogP contribution >= 0.6 is 11.6 Å². The summed E-state index contributed by atoms with van der Waals surface area (Å²) in [5.74, 6) is 1.44. The first-order chi connectivity index (χ1) is 15.1. The monoisotopic (exact) mass is 438 g/mol. The number of amides is 1. The molecular formula is C24H23ClN2O4. The van der Waals surface area contributed by atoms with Gasteiger partial charge in [0.2, 0.25) is 0 Å². The van der Waals surface area contributed by atoms with Gasteiger partial charge in [-0.2, -0.15) is 5.10 Å². The third kappa shape index (κ3) is 6.49. The smallest absolute Gasteiger partial charge is 0.277 e. The van der Waals surface area contributed by atoms with Crippen molar-refractivity contribution < 1.29 is 19.0 Å². The lowest BCUT2D eigenvalue weighted by Crippen LogP contribution is -2.24. The second kappa shape index (κ2) is 11.0. The lowest BCUT2D eigenvalue weighted by molar-refractivity contribution is -0.123. The van der Waals surface area contributed by atoms with Crippen molar-refractivity contribution in [2.75, 3.05) is 13.7 Å². The molecule has 0 atom stereocenters. The van der Waals surface area contributed by atoms with Crippen molar-refractivity contribution in [3.05, 3.63) is 88.4 Å². The Labute approximate surface area is 186 Å². The maximum absolute atomic E-state index is 11.9. The van der Waals surface area contributed by atoms with Crippen molar-refractivity contribution in [3.63, 3.8) is 0 Å². The summed E-state index contributed by atoms with van der Waals surface area (Å²) in [5.41, 5.74) is 5.03. The summed E-state index contributed by atoms with van der Waals surface area (Å²) in [6.45, 7) is 2.11. The van der Waals surface area contributed by atoms with Gasteiger partial charge in [0.15, 0.2) is 18.1 Å². The van der Waals surface area contributed by atoms with Crippen LogP contribution in [0, 0.1) is 6.92 Å². The van der Waals surface area contributed by atoms with Gasteiger partial charge in [-0.3, -0.25) is 4.79 Å². The Bertz CT molecular complexity index is 1070. The van der Waals surface area contributed by atoms with Gasteiger partial charge >= 0.3 is 0 Å². The molecule has 31 heavy (non-hydrogen) atoms. The Kier molecular flexibility index (Phi) is 7.90. The highest BCUT2D eigenvalue weighted by molar-refractivity contribution is 6.31. The Morgan fingerprint density at radius 2 is 1.77 bits per heavy atom. The van der Waals surface area contributed by atoms with Crippen LogP contribution in [0.15, 0.2) is 71.8 Å². The third-order valence-electron chi connectivity index (χ3n) is 4.38. The maximum atomic E-state index is 11.9. The Morgan fingerprint density at radius 1 is 1.00 bits per heavy atom. The molecule has 6 nitrogen and oxygen atoms in total. The number of aryl methyl sites for hydroxylation is 1. The fraction of sp³-hybridized carbons (Fsp3) is 0.167. The molecule has 0 aliphatic heterocycles. The zero-order valence-electron chi connectivity index (χ0n) is 17.3. The van der Waals surface area contributed by atoms with E-state index in [1.54, 1.807) is 19.2 Å². The zero-order valence-corrected chi connectivity index (χ0v) is 18.1. The number of carbonyl (C=O) groups excluding carboxylic acids is 1. The average Bonchev–Trinajstić information content (AvgIpc) is 2.78. The van der Waals surface area contributed by atoms with E-state index in [4.69, 9.17) is 25.8 Å². The molecule has 3 aromatic carbocycles. The first-order valence-corrected chi connectivity index (χ1v) is 9.99. The SMILES string of the molecule is COc1cc(/C=N/NC(=O)COc2ccccc2C)ccc1OCc1ccccc1Cl. The molecule has 0 unspecified atom stereocenters. The molecule has 0 bridgehead atoms. The van der Waals surface area contributed by atoms with Gasteiger partial charge in [0.1, 0.15) is 12.4 Å². The van der Waals surface area contributed by atoms with Crippen molar-refractivity contribution in [2.24, 2.45) is 5.10 Å². The molecule has 0 aliphatic rings. The molecule has 0 heterocycles. The van der Waals surface area contributed by atoms with Gasteiger partial charge in [0.25, 0.3) is 5.91 Å². The van der Waals surface area contributed by atoms with Crippen LogP contribution in [-0.2, 0) is 11.4 Å². The molecule has 1 N–H and O–H groups in total. The van der Waals surface area contributed by atoms with E-state index in [9.17, 15) is 4.79 Å². The highest BCUT2D eigenvalue weighted by Crippen LogP contribution is 2.29.